The molecule has 26 heavy (non-hydrogen) atoms. The van der Waals surface area contributed by atoms with Crippen LogP contribution in [-0.2, 0) is 4.74 Å². The number of phenols is 2. The van der Waals surface area contributed by atoms with E-state index in [1.54, 1.807) is 63.4 Å². The molecule has 1 heterocycles. The van der Waals surface area contributed by atoms with Gasteiger partial charge in [0.15, 0.2) is 0 Å². The topological polar surface area (TPSA) is 84.6 Å². The SMILES string of the molecule is CC(C)(C)OC(=O)n1cc(-c2ccc(O)cc2)nc1-c1ccc(O)cc1. The Morgan fingerprint density at radius 1 is 0.923 bits per heavy atom. The van der Waals surface area contributed by atoms with E-state index in [0.29, 0.717) is 17.1 Å². The number of aromatic hydroxyl groups is 2. The largest absolute Gasteiger partial charge is 0.508 e. The molecule has 0 saturated carbocycles. The minimum Gasteiger partial charge on any atom is -0.508 e. The summed E-state index contributed by atoms with van der Waals surface area (Å²) in [4.78, 5) is 17.2. The van der Waals surface area contributed by atoms with Crippen LogP contribution < -0.4 is 0 Å². The average molecular weight is 352 g/mol. The first kappa shape index (κ1) is 17.5. The molecular formula is C20H20N2O4. The number of carbonyl (C=O) groups is 1. The van der Waals surface area contributed by atoms with E-state index < -0.39 is 11.7 Å². The predicted molar refractivity (Wildman–Crippen MR) is 98.1 cm³/mol. The predicted octanol–water partition coefficient (Wildman–Crippen LogP) is 4.41. The maximum absolute atomic E-state index is 12.6. The molecule has 0 aliphatic heterocycles. The molecule has 0 atom stereocenters. The summed E-state index contributed by atoms with van der Waals surface area (Å²) in [6.07, 6.45) is 1.06. The van der Waals surface area contributed by atoms with Crippen LogP contribution in [0.2, 0.25) is 0 Å². The number of imidazole rings is 1. The van der Waals surface area contributed by atoms with E-state index in [1.807, 2.05) is 0 Å². The summed E-state index contributed by atoms with van der Waals surface area (Å²) < 4.78 is 6.82. The van der Waals surface area contributed by atoms with Crippen molar-refractivity contribution < 1.29 is 19.7 Å². The molecule has 6 heteroatoms. The van der Waals surface area contributed by atoms with Crippen molar-refractivity contribution >= 4 is 6.09 Å². The zero-order valence-electron chi connectivity index (χ0n) is 14.8. The number of hydrogen-bond acceptors (Lipinski definition) is 5. The molecule has 0 bridgehead atoms. The maximum atomic E-state index is 12.6. The van der Waals surface area contributed by atoms with Gasteiger partial charge >= 0.3 is 6.09 Å². The molecule has 0 fully saturated rings. The highest BCUT2D eigenvalue weighted by Crippen LogP contribution is 2.28. The van der Waals surface area contributed by atoms with E-state index >= 15 is 0 Å². The second kappa shape index (κ2) is 6.55. The highest BCUT2D eigenvalue weighted by molar-refractivity contribution is 5.80. The lowest BCUT2D eigenvalue weighted by atomic mass is 10.1. The van der Waals surface area contributed by atoms with Crippen molar-refractivity contribution in [2.75, 3.05) is 0 Å². The quantitative estimate of drug-likeness (QED) is 0.713. The minimum atomic E-state index is -0.647. The van der Waals surface area contributed by atoms with Crippen molar-refractivity contribution in [3.8, 4) is 34.1 Å². The summed E-state index contributed by atoms with van der Waals surface area (Å²) in [5, 5.41) is 19.0. The monoisotopic (exact) mass is 352 g/mol. The van der Waals surface area contributed by atoms with Gasteiger partial charge < -0.3 is 14.9 Å². The lowest BCUT2D eigenvalue weighted by molar-refractivity contribution is 0.0539. The van der Waals surface area contributed by atoms with Gasteiger partial charge in [0.2, 0.25) is 0 Å². The lowest BCUT2D eigenvalue weighted by Crippen LogP contribution is -2.27. The first-order valence-corrected chi connectivity index (χ1v) is 8.14. The molecular weight excluding hydrogens is 332 g/mol. The number of hydrogen-bond donors (Lipinski definition) is 2. The van der Waals surface area contributed by atoms with Gasteiger partial charge in [-0.25, -0.2) is 14.3 Å². The second-order valence-electron chi connectivity index (χ2n) is 6.89. The van der Waals surface area contributed by atoms with E-state index in [0.717, 1.165) is 5.56 Å². The van der Waals surface area contributed by atoms with Crippen LogP contribution >= 0.6 is 0 Å². The van der Waals surface area contributed by atoms with Gasteiger partial charge in [0.25, 0.3) is 0 Å². The zero-order valence-corrected chi connectivity index (χ0v) is 14.8. The van der Waals surface area contributed by atoms with Gasteiger partial charge in [0.1, 0.15) is 22.9 Å². The molecule has 0 saturated heterocycles. The van der Waals surface area contributed by atoms with Crippen LogP contribution in [0.5, 0.6) is 11.5 Å². The van der Waals surface area contributed by atoms with Crippen LogP contribution in [0.1, 0.15) is 20.8 Å². The third-order valence-corrected chi connectivity index (χ3v) is 3.58. The number of rotatable bonds is 2. The zero-order chi connectivity index (χ0) is 18.9. The van der Waals surface area contributed by atoms with Crippen molar-refractivity contribution in [2.24, 2.45) is 0 Å². The van der Waals surface area contributed by atoms with Crippen molar-refractivity contribution in [2.45, 2.75) is 26.4 Å². The summed E-state index contributed by atoms with van der Waals surface area (Å²) in [6, 6.07) is 13.0. The molecule has 2 aromatic carbocycles. The molecule has 134 valence electrons. The summed E-state index contributed by atoms with van der Waals surface area (Å²) in [6.45, 7) is 5.38. The highest BCUT2D eigenvalue weighted by Gasteiger charge is 2.22. The van der Waals surface area contributed by atoms with Crippen LogP contribution in [-0.4, -0.2) is 31.5 Å². The minimum absolute atomic E-state index is 0.128. The number of aromatic nitrogens is 2. The molecule has 0 amide bonds. The van der Waals surface area contributed by atoms with E-state index in [2.05, 4.69) is 4.98 Å². The Bertz CT molecular complexity index is 920. The highest BCUT2D eigenvalue weighted by atomic mass is 16.6. The average Bonchev–Trinajstić information content (AvgIpc) is 3.00. The molecule has 0 unspecified atom stereocenters. The third-order valence-electron chi connectivity index (χ3n) is 3.58. The molecule has 1 aromatic heterocycles. The number of benzene rings is 2. The smallest absolute Gasteiger partial charge is 0.420 e. The summed E-state index contributed by atoms with van der Waals surface area (Å²) >= 11 is 0. The number of nitrogens with zero attached hydrogens (tertiary/aromatic N) is 2. The van der Waals surface area contributed by atoms with Gasteiger partial charge in [-0.15, -0.1) is 0 Å². The number of phenolic OH excluding ortho intramolecular Hbond substituents is 2. The van der Waals surface area contributed by atoms with Crippen LogP contribution in [0.25, 0.3) is 22.6 Å². The molecule has 6 nitrogen and oxygen atoms in total. The summed E-state index contributed by atoms with van der Waals surface area (Å²) in [7, 11) is 0. The van der Waals surface area contributed by atoms with E-state index in [9.17, 15) is 15.0 Å². The van der Waals surface area contributed by atoms with Gasteiger partial charge in [-0.3, -0.25) is 0 Å². The van der Waals surface area contributed by atoms with Crippen molar-refractivity contribution in [3.63, 3.8) is 0 Å². The van der Waals surface area contributed by atoms with Gasteiger partial charge in [-0.05, 0) is 69.3 Å². The Kier molecular flexibility index (Phi) is 4.42. The number of ether oxygens (including phenoxy) is 1. The normalized spacial score (nSPS) is 11.3. The maximum Gasteiger partial charge on any atom is 0.420 e. The molecule has 3 rings (SSSR count). The molecule has 0 spiro atoms. The second-order valence-corrected chi connectivity index (χ2v) is 6.89. The van der Waals surface area contributed by atoms with E-state index in [1.165, 1.54) is 16.7 Å². The van der Waals surface area contributed by atoms with Crippen molar-refractivity contribution in [1.29, 1.82) is 0 Å². The summed E-state index contributed by atoms with van der Waals surface area (Å²) in [5.41, 5.74) is 1.34. The molecule has 2 N–H and O–H groups in total. The van der Waals surface area contributed by atoms with Crippen molar-refractivity contribution in [3.05, 3.63) is 54.7 Å². The Hall–Kier alpha value is -3.28. The molecule has 0 radical (unpaired) electrons. The Morgan fingerprint density at radius 3 is 1.92 bits per heavy atom. The Labute approximate surface area is 151 Å². The fraction of sp³-hybridized carbons (Fsp3) is 0.200. The third kappa shape index (κ3) is 3.85. The molecule has 0 aliphatic rings. The first-order valence-electron chi connectivity index (χ1n) is 8.14. The fourth-order valence-corrected chi connectivity index (χ4v) is 2.42. The fourth-order valence-electron chi connectivity index (χ4n) is 2.42. The van der Waals surface area contributed by atoms with Crippen LogP contribution in [0, 0.1) is 0 Å². The van der Waals surface area contributed by atoms with E-state index in [4.69, 9.17) is 4.74 Å². The van der Waals surface area contributed by atoms with Crippen LogP contribution in [0.4, 0.5) is 4.79 Å². The van der Waals surface area contributed by atoms with E-state index in [-0.39, 0.29) is 11.5 Å². The number of carbonyl (C=O) groups excluding carboxylic acids is 1. The van der Waals surface area contributed by atoms with Gasteiger partial charge in [0.05, 0.1) is 5.69 Å². The van der Waals surface area contributed by atoms with Gasteiger partial charge in [-0.2, -0.15) is 0 Å². The molecule has 3 aromatic rings. The first-order chi connectivity index (χ1) is 12.2. The van der Waals surface area contributed by atoms with Crippen molar-refractivity contribution in [1.82, 2.24) is 9.55 Å². The van der Waals surface area contributed by atoms with Gasteiger partial charge in [0, 0.05) is 17.3 Å². The molecule has 0 aliphatic carbocycles. The van der Waals surface area contributed by atoms with Gasteiger partial charge in [-0.1, -0.05) is 0 Å². The van der Waals surface area contributed by atoms with Crippen LogP contribution in [0.3, 0.4) is 0 Å². The Balaban J connectivity index is 2.09. The Morgan fingerprint density at radius 2 is 1.42 bits per heavy atom. The summed E-state index contributed by atoms with van der Waals surface area (Å²) in [5.74, 6) is 0.685. The standard InChI is InChI=1S/C20H20N2O4/c1-20(2,3)26-19(25)22-12-17(13-4-8-15(23)9-5-13)21-18(22)14-6-10-16(24)11-7-14/h4-12,23-24H,1-3H3. The lowest BCUT2D eigenvalue weighted by Gasteiger charge is -2.20. The van der Waals surface area contributed by atoms with Crippen LogP contribution in [0.15, 0.2) is 54.7 Å².